The zero-order valence-electron chi connectivity index (χ0n) is 12.9. The van der Waals surface area contributed by atoms with E-state index in [1.807, 2.05) is 30.3 Å². The second kappa shape index (κ2) is 7.43. The van der Waals surface area contributed by atoms with Gasteiger partial charge >= 0.3 is 0 Å². The number of hydrogen-bond donors (Lipinski definition) is 1. The maximum atomic E-state index is 5.94. The molecule has 2 N–H and O–H groups in total. The van der Waals surface area contributed by atoms with Crippen LogP contribution in [-0.2, 0) is 6.42 Å². The summed E-state index contributed by atoms with van der Waals surface area (Å²) in [6, 6.07) is 18.7. The van der Waals surface area contributed by atoms with Crippen molar-refractivity contribution in [2.24, 2.45) is 5.73 Å². The van der Waals surface area contributed by atoms with Gasteiger partial charge in [0.15, 0.2) is 0 Å². The molecule has 0 spiro atoms. The van der Waals surface area contributed by atoms with Crippen molar-refractivity contribution < 1.29 is 4.74 Å². The van der Waals surface area contributed by atoms with Gasteiger partial charge in [0.2, 0.25) is 0 Å². The molecule has 0 saturated carbocycles. The van der Waals surface area contributed by atoms with Gasteiger partial charge in [0.1, 0.15) is 11.5 Å². The third-order valence-electron chi connectivity index (χ3n) is 4.25. The molecule has 116 valence electrons. The first kappa shape index (κ1) is 15.1. The van der Waals surface area contributed by atoms with Gasteiger partial charge in [0.05, 0.1) is 0 Å². The number of piperidine rings is 1. The lowest BCUT2D eigenvalue weighted by Gasteiger charge is -2.29. The highest BCUT2D eigenvalue weighted by Crippen LogP contribution is 2.21. The van der Waals surface area contributed by atoms with Gasteiger partial charge in [-0.15, -0.1) is 0 Å². The molecule has 0 atom stereocenters. The van der Waals surface area contributed by atoms with Crippen molar-refractivity contribution in [1.82, 2.24) is 4.90 Å². The summed E-state index contributed by atoms with van der Waals surface area (Å²) >= 11 is 0. The van der Waals surface area contributed by atoms with Crippen LogP contribution in [0.2, 0.25) is 0 Å². The molecule has 0 amide bonds. The summed E-state index contributed by atoms with van der Waals surface area (Å²) in [5, 5.41) is 0. The van der Waals surface area contributed by atoms with Crippen molar-refractivity contribution in [3.63, 3.8) is 0 Å². The highest BCUT2D eigenvalue weighted by atomic mass is 16.5. The molecule has 1 fully saturated rings. The van der Waals surface area contributed by atoms with Crippen molar-refractivity contribution in [1.29, 1.82) is 0 Å². The Bertz CT molecular complexity index is 560. The standard InChI is InChI=1S/C19H24N2O/c20-17-11-14-21(15-12-17)13-10-16-6-8-19(9-7-16)22-18-4-2-1-3-5-18/h1-9,17H,10-15,20H2. The molecule has 0 aromatic heterocycles. The first-order valence-corrected chi connectivity index (χ1v) is 8.09. The number of benzene rings is 2. The fourth-order valence-corrected chi connectivity index (χ4v) is 2.81. The monoisotopic (exact) mass is 296 g/mol. The average Bonchev–Trinajstić information content (AvgIpc) is 2.57. The predicted molar refractivity (Wildman–Crippen MR) is 90.3 cm³/mol. The Hall–Kier alpha value is -1.84. The Kier molecular flexibility index (Phi) is 5.09. The molecule has 2 aromatic rings. The van der Waals surface area contributed by atoms with Crippen LogP contribution >= 0.6 is 0 Å². The molecule has 1 heterocycles. The Morgan fingerprint density at radius 3 is 2.23 bits per heavy atom. The van der Waals surface area contributed by atoms with E-state index in [-0.39, 0.29) is 0 Å². The topological polar surface area (TPSA) is 38.5 Å². The summed E-state index contributed by atoms with van der Waals surface area (Å²) in [5.41, 5.74) is 7.30. The van der Waals surface area contributed by atoms with Gasteiger partial charge in [0, 0.05) is 12.6 Å². The van der Waals surface area contributed by atoms with Gasteiger partial charge < -0.3 is 15.4 Å². The van der Waals surface area contributed by atoms with E-state index in [0.717, 1.165) is 50.4 Å². The minimum absolute atomic E-state index is 0.408. The molecule has 1 aliphatic heterocycles. The van der Waals surface area contributed by atoms with E-state index < -0.39 is 0 Å². The summed E-state index contributed by atoms with van der Waals surface area (Å²) in [7, 11) is 0. The van der Waals surface area contributed by atoms with Crippen LogP contribution in [0.3, 0.4) is 0 Å². The van der Waals surface area contributed by atoms with Crippen LogP contribution in [0.25, 0.3) is 0 Å². The van der Waals surface area contributed by atoms with Crippen molar-refractivity contribution >= 4 is 0 Å². The quantitative estimate of drug-likeness (QED) is 0.918. The number of rotatable bonds is 5. The van der Waals surface area contributed by atoms with Crippen LogP contribution in [0.1, 0.15) is 18.4 Å². The van der Waals surface area contributed by atoms with Gasteiger partial charge in [-0.25, -0.2) is 0 Å². The number of para-hydroxylation sites is 1. The van der Waals surface area contributed by atoms with E-state index in [2.05, 4.69) is 29.2 Å². The van der Waals surface area contributed by atoms with E-state index >= 15 is 0 Å². The number of likely N-dealkylation sites (tertiary alicyclic amines) is 1. The fourth-order valence-electron chi connectivity index (χ4n) is 2.81. The Morgan fingerprint density at radius 2 is 1.55 bits per heavy atom. The number of ether oxygens (including phenoxy) is 1. The van der Waals surface area contributed by atoms with E-state index in [4.69, 9.17) is 10.5 Å². The molecule has 0 radical (unpaired) electrons. The minimum Gasteiger partial charge on any atom is -0.457 e. The van der Waals surface area contributed by atoms with Gasteiger partial charge in [-0.1, -0.05) is 30.3 Å². The fraction of sp³-hybridized carbons (Fsp3) is 0.368. The SMILES string of the molecule is NC1CCN(CCc2ccc(Oc3ccccc3)cc2)CC1. The Balaban J connectivity index is 1.49. The molecule has 0 aliphatic carbocycles. The van der Waals surface area contributed by atoms with E-state index in [1.54, 1.807) is 0 Å². The van der Waals surface area contributed by atoms with E-state index in [0.29, 0.717) is 6.04 Å². The van der Waals surface area contributed by atoms with Crippen molar-refractivity contribution in [3.8, 4) is 11.5 Å². The van der Waals surface area contributed by atoms with Crippen LogP contribution in [0.15, 0.2) is 54.6 Å². The largest absolute Gasteiger partial charge is 0.457 e. The van der Waals surface area contributed by atoms with Crippen LogP contribution in [0.5, 0.6) is 11.5 Å². The molecule has 1 saturated heterocycles. The third-order valence-corrected chi connectivity index (χ3v) is 4.25. The summed E-state index contributed by atoms with van der Waals surface area (Å²) in [4.78, 5) is 2.51. The molecular formula is C19H24N2O. The second-order valence-electron chi connectivity index (χ2n) is 5.99. The zero-order chi connectivity index (χ0) is 15.2. The lowest BCUT2D eigenvalue weighted by molar-refractivity contribution is 0.215. The summed E-state index contributed by atoms with van der Waals surface area (Å²) < 4.78 is 5.82. The van der Waals surface area contributed by atoms with E-state index in [1.165, 1.54) is 5.56 Å². The Morgan fingerprint density at radius 1 is 0.909 bits per heavy atom. The molecule has 0 bridgehead atoms. The van der Waals surface area contributed by atoms with Crippen LogP contribution < -0.4 is 10.5 Å². The average molecular weight is 296 g/mol. The highest BCUT2D eigenvalue weighted by Gasteiger charge is 2.15. The second-order valence-corrected chi connectivity index (χ2v) is 5.99. The van der Waals surface area contributed by atoms with Crippen LogP contribution in [0, 0.1) is 0 Å². The normalized spacial score (nSPS) is 16.6. The van der Waals surface area contributed by atoms with Crippen molar-refractivity contribution in [2.45, 2.75) is 25.3 Å². The molecule has 3 heteroatoms. The van der Waals surface area contributed by atoms with Crippen molar-refractivity contribution in [3.05, 3.63) is 60.2 Å². The predicted octanol–water partition coefficient (Wildman–Crippen LogP) is 3.44. The van der Waals surface area contributed by atoms with Crippen LogP contribution in [0.4, 0.5) is 0 Å². The summed E-state index contributed by atoms with van der Waals surface area (Å²) in [5.74, 6) is 1.76. The molecule has 1 aliphatic rings. The zero-order valence-corrected chi connectivity index (χ0v) is 12.9. The molecular weight excluding hydrogens is 272 g/mol. The number of nitrogens with two attached hydrogens (primary N) is 1. The third kappa shape index (κ3) is 4.33. The molecule has 0 unspecified atom stereocenters. The lowest BCUT2D eigenvalue weighted by atomic mass is 10.1. The number of hydrogen-bond acceptors (Lipinski definition) is 3. The summed E-state index contributed by atoms with van der Waals surface area (Å²) in [6.45, 7) is 3.39. The van der Waals surface area contributed by atoms with Crippen molar-refractivity contribution in [2.75, 3.05) is 19.6 Å². The number of nitrogens with zero attached hydrogens (tertiary/aromatic N) is 1. The molecule has 3 nitrogen and oxygen atoms in total. The highest BCUT2D eigenvalue weighted by molar-refractivity contribution is 5.33. The van der Waals surface area contributed by atoms with Gasteiger partial charge in [0.25, 0.3) is 0 Å². The maximum absolute atomic E-state index is 5.94. The van der Waals surface area contributed by atoms with Gasteiger partial charge in [-0.05, 0) is 62.2 Å². The molecule has 3 rings (SSSR count). The maximum Gasteiger partial charge on any atom is 0.127 e. The van der Waals surface area contributed by atoms with Gasteiger partial charge in [-0.3, -0.25) is 0 Å². The molecule has 2 aromatic carbocycles. The lowest BCUT2D eigenvalue weighted by Crippen LogP contribution is -2.40. The smallest absolute Gasteiger partial charge is 0.127 e. The van der Waals surface area contributed by atoms with Gasteiger partial charge in [-0.2, -0.15) is 0 Å². The summed E-state index contributed by atoms with van der Waals surface area (Å²) in [6.07, 6.45) is 3.34. The van der Waals surface area contributed by atoms with Crippen LogP contribution in [-0.4, -0.2) is 30.6 Å². The first-order chi connectivity index (χ1) is 10.8. The molecule has 22 heavy (non-hydrogen) atoms. The first-order valence-electron chi connectivity index (χ1n) is 8.09. The minimum atomic E-state index is 0.408. The van der Waals surface area contributed by atoms with E-state index in [9.17, 15) is 0 Å². The Labute approximate surface area is 132 Å².